The van der Waals surface area contributed by atoms with Gasteiger partial charge >= 0.3 is 5.97 Å². The second-order valence-electron chi connectivity index (χ2n) is 7.41. The molecule has 11 heteroatoms. The highest BCUT2D eigenvalue weighted by molar-refractivity contribution is 7.89. The van der Waals surface area contributed by atoms with Gasteiger partial charge in [0.15, 0.2) is 6.04 Å². The Morgan fingerprint density at radius 2 is 1.94 bits per heavy atom. The summed E-state index contributed by atoms with van der Waals surface area (Å²) in [5.41, 5.74) is -1.51. The van der Waals surface area contributed by atoms with Crippen LogP contribution in [-0.2, 0) is 26.3 Å². The number of hydrogen-bond donors (Lipinski definition) is 2. The van der Waals surface area contributed by atoms with E-state index in [1.807, 2.05) is 0 Å². The Labute approximate surface area is 178 Å². The van der Waals surface area contributed by atoms with E-state index in [0.29, 0.717) is 6.42 Å². The second kappa shape index (κ2) is 8.87. The molecule has 2 aromatic rings. The van der Waals surface area contributed by atoms with Crippen molar-refractivity contribution >= 4 is 16.0 Å². The van der Waals surface area contributed by atoms with E-state index in [9.17, 15) is 27.1 Å². The molecule has 0 unspecified atom stereocenters. The van der Waals surface area contributed by atoms with E-state index in [2.05, 4.69) is 4.84 Å². The van der Waals surface area contributed by atoms with E-state index in [-0.39, 0.29) is 35.8 Å². The molecule has 1 saturated heterocycles. The summed E-state index contributed by atoms with van der Waals surface area (Å²) in [5, 5.41) is 10.5. The van der Waals surface area contributed by atoms with Crippen molar-refractivity contribution in [2.24, 2.45) is 5.90 Å². The van der Waals surface area contributed by atoms with Crippen molar-refractivity contribution in [1.29, 1.82) is 0 Å². The smallest absolute Gasteiger partial charge is 0.345 e. The van der Waals surface area contributed by atoms with Gasteiger partial charge in [0.05, 0.1) is 10.5 Å². The van der Waals surface area contributed by atoms with Gasteiger partial charge in [-0.05, 0) is 56.2 Å². The lowest BCUT2D eigenvalue weighted by molar-refractivity contribution is -0.160. The second-order valence-corrected chi connectivity index (χ2v) is 9.30. The van der Waals surface area contributed by atoms with Gasteiger partial charge in [0.25, 0.3) is 0 Å². The lowest BCUT2D eigenvalue weighted by atomic mass is 9.88. The van der Waals surface area contributed by atoms with Gasteiger partial charge in [-0.2, -0.15) is 10.2 Å². The Morgan fingerprint density at radius 3 is 2.55 bits per heavy atom. The van der Waals surface area contributed by atoms with Gasteiger partial charge in [0, 0.05) is 18.2 Å². The molecule has 0 amide bonds. The SMILES string of the molecule is C[C@@]1(O)CCCN(S(=O)(=O)c2ccc(OCc3ccc(F)cc3F)cc2)[C@H]1C(=O)ON. The quantitative estimate of drug-likeness (QED) is 0.637. The average molecular weight is 456 g/mol. The Bertz CT molecular complexity index is 1060. The minimum atomic E-state index is -4.17. The standard InChI is InChI=1S/C20H22F2N2O6S/c1-20(26)9-2-10-24(18(20)19(25)30-23)31(27,28)16-7-5-15(6-8-16)29-12-13-3-4-14(21)11-17(13)22/h3-8,11,18,26H,2,9-10,12,23H2,1H3/t18-,20+/m0/s1. The first kappa shape index (κ1) is 23.1. The molecule has 8 nitrogen and oxygen atoms in total. The molecule has 2 aromatic carbocycles. The monoisotopic (exact) mass is 456 g/mol. The maximum atomic E-state index is 13.7. The number of sulfonamides is 1. The number of halogens is 2. The first-order valence-electron chi connectivity index (χ1n) is 9.38. The molecule has 0 aliphatic carbocycles. The van der Waals surface area contributed by atoms with Gasteiger partial charge < -0.3 is 14.7 Å². The Balaban J connectivity index is 1.79. The van der Waals surface area contributed by atoms with Crippen LogP contribution in [-0.4, -0.2) is 42.0 Å². The summed E-state index contributed by atoms with van der Waals surface area (Å²) in [4.78, 5) is 16.2. The molecule has 1 aliphatic rings. The summed E-state index contributed by atoms with van der Waals surface area (Å²) < 4.78 is 59.2. The maximum absolute atomic E-state index is 13.7. The van der Waals surface area contributed by atoms with Crippen LogP contribution in [0, 0.1) is 11.6 Å². The fourth-order valence-corrected chi connectivity index (χ4v) is 5.22. The molecule has 1 aliphatic heterocycles. The highest BCUT2D eigenvalue weighted by Gasteiger charge is 2.50. The zero-order valence-corrected chi connectivity index (χ0v) is 17.4. The summed E-state index contributed by atoms with van der Waals surface area (Å²) in [6, 6.07) is 6.87. The molecular weight excluding hydrogens is 434 g/mol. The van der Waals surface area contributed by atoms with Crippen LogP contribution in [0.1, 0.15) is 25.3 Å². The molecular formula is C20H22F2N2O6S. The van der Waals surface area contributed by atoms with Crippen molar-refractivity contribution in [2.75, 3.05) is 6.54 Å². The number of nitrogens with two attached hydrogens (primary N) is 1. The van der Waals surface area contributed by atoms with Crippen LogP contribution in [0.3, 0.4) is 0 Å². The summed E-state index contributed by atoms with van der Waals surface area (Å²) in [7, 11) is -4.17. The van der Waals surface area contributed by atoms with Crippen LogP contribution < -0.4 is 10.6 Å². The van der Waals surface area contributed by atoms with Crippen LogP contribution in [0.25, 0.3) is 0 Å². The maximum Gasteiger partial charge on any atom is 0.345 e. The summed E-state index contributed by atoms with van der Waals surface area (Å²) in [5.74, 6) is 2.68. The zero-order valence-electron chi connectivity index (χ0n) is 16.6. The first-order chi connectivity index (χ1) is 14.6. The van der Waals surface area contributed by atoms with E-state index in [1.54, 1.807) is 0 Å². The molecule has 2 atom stereocenters. The minimum Gasteiger partial charge on any atom is -0.489 e. The fraction of sp³-hybridized carbons (Fsp3) is 0.350. The highest BCUT2D eigenvalue weighted by Crippen LogP contribution is 2.33. The molecule has 31 heavy (non-hydrogen) atoms. The highest BCUT2D eigenvalue weighted by atomic mass is 32.2. The largest absolute Gasteiger partial charge is 0.489 e. The topological polar surface area (TPSA) is 119 Å². The van der Waals surface area contributed by atoms with E-state index < -0.39 is 39.3 Å². The molecule has 0 radical (unpaired) electrons. The van der Waals surface area contributed by atoms with Crippen LogP contribution in [0.15, 0.2) is 47.4 Å². The minimum absolute atomic E-state index is 0.000342. The van der Waals surface area contributed by atoms with Crippen LogP contribution in [0.4, 0.5) is 8.78 Å². The van der Waals surface area contributed by atoms with Crippen LogP contribution >= 0.6 is 0 Å². The van der Waals surface area contributed by atoms with E-state index in [4.69, 9.17) is 10.6 Å². The zero-order chi connectivity index (χ0) is 22.8. The molecule has 1 heterocycles. The lowest BCUT2D eigenvalue weighted by Gasteiger charge is -2.42. The Hall–Kier alpha value is -2.60. The van der Waals surface area contributed by atoms with Crippen molar-refractivity contribution < 1.29 is 36.7 Å². The van der Waals surface area contributed by atoms with Crippen molar-refractivity contribution in [3.05, 3.63) is 59.7 Å². The lowest BCUT2D eigenvalue weighted by Crippen LogP contribution is -2.61. The van der Waals surface area contributed by atoms with Crippen LogP contribution in [0.5, 0.6) is 5.75 Å². The third-order valence-corrected chi connectivity index (χ3v) is 7.00. The Morgan fingerprint density at radius 1 is 1.26 bits per heavy atom. The van der Waals surface area contributed by atoms with Crippen molar-refractivity contribution in [3.8, 4) is 5.75 Å². The van der Waals surface area contributed by atoms with Crippen LogP contribution in [0.2, 0.25) is 0 Å². The normalized spacial score (nSPS) is 22.2. The van der Waals surface area contributed by atoms with Crippen molar-refractivity contribution in [2.45, 2.75) is 42.9 Å². The van der Waals surface area contributed by atoms with Gasteiger partial charge in [-0.3, -0.25) is 0 Å². The predicted molar refractivity (Wildman–Crippen MR) is 105 cm³/mol. The number of aliphatic hydroxyl groups is 1. The van der Waals surface area contributed by atoms with Crippen molar-refractivity contribution in [1.82, 2.24) is 4.31 Å². The van der Waals surface area contributed by atoms with Gasteiger partial charge in [-0.15, -0.1) is 0 Å². The fourth-order valence-electron chi connectivity index (χ4n) is 3.51. The number of ether oxygens (including phenoxy) is 1. The number of piperidine rings is 1. The molecule has 0 saturated carbocycles. The molecule has 0 spiro atoms. The summed E-state index contributed by atoms with van der Waals surface area (Å²) >= 11 is 0. The third kappa shape index (κ3) is 4.85. The van der Waals surface area contributed by atoms with E-state index in [0.717, 1.165) is 16.4 Å². The number of rotatable bonds is 6. The van der Waals surface area contributed by atoms with Gasteiger partial charge in [-0.25, -0.2) is 22.0 Å². The van der Waals surface area contributed by atoms with Gasteiger partial charge in [-0.1, -0.05) is 0 Å². The number of nitrogens with zero attached hydrogens (tertiary/aromatic N) is 1. The molecule has 0 bridgehead atoms. The molecule has 3 rings (SSSR count). The predicted octanol–water partition coefficient (Wildman–Crippen LogP) is 1.86. The molecule has 1 fully saturated rings. The number of hydrogen-bond acceptors (Lipinski definition) is 7. The van der Waals surface area contributed by atoms with E-state index in [1.165, 1.54) is 37.3 Å². The molecule has 3 N–H and O–H groups in total. The average Bonchev–Trinajstić information content (AvgIpc) is 2.72. The molecule has 168 valence electrons. The third-order valence-electron chi connectivity index (χ3n) is 5.12. The number of carbonyl (C=O) groups excluding carboxylic acids is 1. The van der Waals surface area contributed by atoms with Gasteiger partial charge in [0.1, 0.15) is 24.0 Å². The Kier molecular flexibility index (Phi) is 6.60. The van der Waals surface area contributed by atoms with E-state index >= 15 is 0 Å². The summed E-state index contributed by atoms with van der Waals surface area (Å²) in [6.45, 7) is 1.17. The molecule has 0 aromatic heterocycles. The first-order valence-corrected chi connectivity index (χ1v) is 10.8. The van der Waals surface area contributed by atoms with Gasteiger partial charge in [0.2, 0.25) is 10.0 Å². The number of benzene rings is 2. The summed E-state index contributed by atoms with van der Waals surface area (Å²) in [6.07, 6.45) is 0.538. The number of carbonyl (C=O) groups is 1. The van der Waals surface area contributed by atoms with Crippen molar-refractivity contribution in [3.63, 3.8) is 0 Å².